The van der Waals surface area contributed by atoms with Gasteiger partial charge in [0, 0.05) is 21.5 Å². The number of hydrogen-bond donors (Lipinski definition) is 3. The van der Waals surface area contributed by atoms with E-state index in [0.29, 0.717) is 27.2 Å². The molecular weight excluding hydrogens is 242 g/mol. The van der Waals surface area contributed by atoms with E-state index >= 15 is 0 Å². The lowest BCUT2D eigenvalue weighted by molar-refractivity contribution is 0.488. The Bertz CT molecular complexity index is 828. The van der Waals surface area contributed by atoms with Crippen LogP contribution < -0.4 is 11.5 Å². The Labute approximate surface area is 108 Å². The predicted molar refractivity (Wildman–Crippen MR) is 77.4 cm³/mol. The van der Waals surface area contributed by atoms with Crippen LogP contribution in [0.5, 0.6) is 5.75 Å². The van der Waals surface area contributed by atoms with Gasteiger partial charge < -0.3 is 16.6 Å². The van der Waals surface area contributed by atoms with Crippen LogP contribution in [0.25, 0.3) is 21.5 Å². The molecule has 5 N–H and O–H groups in total. The Morgan fingerprint density at radius 3 is 2.32 bits per heavy atom. The molecule has 0 aliphatic rings. The lowest BCUT2D eigenvalue weighted by Crippen LogP contribution is -1.96. The second kappa shape index (κ2) is 3.84. The number of aromatic hydroxyl groups is 1. The third kappa shape index (κ3) is 1.41. The first kappa shape index (κ1) is 11.3. The summed E-state index contributed by atoms with van der Waals surface area (Å²) in [6.45, 7) is 0. The minimum atomic E-state index is 0.0738. The largest absolute Gasteiger partial charge is 0.507 e. The van der Waals surface area contributed by atoms with E-state index in [9.17, 15) is 10.0 Å². The summed E-state index contributed by atoms with van der Waals surface area (Å²) in [5, 5.41) is 15.4. The van der Waals surface area contributed by atoms with Gasteiger partial charge in [0.2, 0.25) is 0 Å². The second-order valence-corrected chi connectivity index (χ2v) is 4.33. The summed E-state index contributed by atoms with van der Waals surface area (Å²) < 4.78 is 0. The van der Waals surface area contributed by atoms with Crippen LogP contribution in [0.1, 0.15) is 0 Å². The van der Waals surface area contributed by atoms with Gasteiger partial charge in [-0.3, -0.25) is 0 Å². The number of anilines is 2. The zero-order valence-electron chi connectivity index (χ0n) is 9.92. The first-order chi connectivity index (χ1) is 9.15. The first-order valence-electron chi connectivity index (χ1n) is 5.70. The van der Waals surface area contributed by atoms with Crippen LogP contribution in [-0.2, 0) is 0 Å². The van der Waals surface area contributed by atoms with E-state index < -0.39 is 0 Å². The molecule has 0 unspecified atom stereocenters. The number of nitrogens with two attached hydrogens (primary N) is 2. The number of nitroso groups, excluding NO2 is 1. The molecule has 0 fully saturated rings. The molecule has 94 valence electrons. The standard InChI is InChI=1S/C14H11N3O2/c15-10-6-5-9-11(12(10)16)13(17-19)7-3-1-2-4-8(7)14(9)18/h1-6,18H,15-16H2. The maximum Gasteiger partial charge on any atom is 0.131 e. The molecule has 3 aromatic carbocycles. The van der Waals surface area contributed by atoms with Crippen molar-refractivity contribution in [2.24, 2.45) is 5.18 Å². The zero-order chi connectivity index (χ0) is 13.6. The molecule has 0 aromatic heterocycles. The highest BCUT2D eigenvalue weighted by Crippen LogP contribution is 2.45. The Kier molecular flexibility index (Phi) is 2.28. The van der Waals surface area contributed by atoms with Crippen molar-refractivity contribution in [2.75, 3.05) is 11.5 Å². The SMILES string of the molecule is Nc1ccc2c(O)c3ccccc3c(N=O)c2c1N. The van der Waals surface area contributed by atoms with E-state index in [-0.39, 0.29) is 17.1 Å². The normalized spacial score (nSPS) is 10.9. The molecule has 3 aromatic rings. The average molecular weight is 253 g/mol. The Balaban J connectivity index is 2.71. The van der Waals surface area contributed by atoms with Gasteiger partial charge in [0.1, 0.15) is 11.4 Å². The van der Waals surface area contributed by atoms with Gasteiger partial charge in [0.25, 0.3) is 0 Å². The lowest BCUT2D eigenvalue weighted by atomic mass is 9.98. The summed E-state index contributed by atoms with van der Waals surface area (Å²) in [5.74, 6) is 0.0738. The summed E-state index contributed by atoms with van der Waals surface area (Å²) in [5.41, 5.74) is 12.5. The molecule has 0 saturated heterocycles. The summed E-state index contributed by atoms with van der Waals surface area (Å²) in [7, 11) is 0. The number of rotatable bonds is 1. The van der Waals surface area contributed by atoms with E-state index in [1.54, 1.807) is 36.4 Å². The fraction of sp³-hybridized carbons (Fsp3) is 0. The van der Waals surface area contributed by atoms with Crippen molar-refractivity contribution in [3.05, 3.63) is 41.3 Å². The van der Waals surface area contributed by atoms with Crippen molar-refractivity contribution < 1.29 is 5.11 Å². The van der Waals surface area contributed by atoms with Crippen LogP contribution in [-0.4, -0.2) is 5.11 Å². The van der Waals surface area contributed by atoms with E-state index in [2.05, 4.69) is 5.18 Å². The number of fused-ring (bicyclic) bond motifs is 2. The van der Waals surface area contributed by atoms with Crippen LogP contribution in [0.2, 0.25) is 0 Å². The molecule has 0 aliphatic carbocycles. The van der Waals surface area contributed by atoms with Crippen molar-refractivity contribution in [3.8, 4) is 5.75 Å². The molecule has 0 atom stereocenters. The Morgan fingerprint density at radius 1 is 0.947 bits per heavy atom. The highest BCUT2D eigenvalue weighted by molar-refractivity contribution is 6.19. The Morgan fingerprint density at radius 2 is 1.63 bits per heavy atom. The van der Waals surface area contributed by atoms with Gasteiger partial charge in [0.05, 0.1) is 11.4 Å². The van der Waals surface area contributed by atoms with Crippen molar-refractivity contribution in [3.63, 3.8) is 0 Å². The van der Waals surface area contributed by atoms with E-state index in [1.165, 1.54) is 0 Å². The molecule has 0 aliphatic heterocycles. The average Bonchev–Trinajstić information content (AvgIpc) is 2.44. The molecule has 0 bridgehead atoms. The molecule has 19 heavy (non-hydrogen) atoms. The molecular formula is C14H11N3O2. The highest BCUT2D eigenvalue weighted by Gasteiger charge is 2.16. The minimum absolute atomic E-state index is 0.0738. The van der Waals surface area contributed by atoms with E-state index in [0.717, 1.165) is 0 Å². The molecule has 0 spiro atoms. The summed E-state index contributed by atoms with van der Waals surface area (Å²) in [6, 6.07) is 10.2. The second-order valence-electron chi connectivity index (χ2n) is 4.33. The predicted octanol–water partition coefficient (Wildman–Crippen LogP) is 3.26. The maximum absolute atomic E-state index is 11.2. The third-order valence-corrected chi connectivity index (χ3v) is 3.30. The number of phenolic OH excluding ortho intramolecular Hbond substituents is 1. The van der Waals surface area contributed by atoms with Crippen molar-refractivity contribution in [1.29, 1.82) is 0 Å². The fourth-order valence-electron chi connectivity index (χ4n) is 2.36. The summed E-state index contributed by atoms with van der Waals surface area (Å²) in [4.78, 5) is 11.2. The van der Waals surface area contributed by atoms with Crippen LogP contribution in [0.3, 0.4) is 0 Å². The number of nitrogens with zero attached hydrogens (tertiary/aromatic N) is 1. The molecule has 5 heteroatoms. The van der Waals surface area contributed by atoms with Crippen molar-refractivity contribution in [2.45, 2.75) is 0 Å². The molecule has 3 rings (SSSR count). The number of nitrogen functional groups attached to an aromatic ring is 2. The van der Waals surface area contributed by atoms with Gasteiger partial charge in [-0.25, -0.2) is 0 Å². The van der Waals surface area contributed by atoms with Crippen molar-refractivity contribution in [1.82, 2.24) is 0 Å². The third-order valence-electron chi connectivity index (χ3n) is 3.30. The van der Waals surface area contributed by atoms with Gasteiger partial charge in [-0.2, -0.15) is 0 Å². The van der Waals surface area contributed by atoms with E-state index in [4.69, 9.17) is 11.5 Å². The van der Waals surface area contributed by atoms with Gasteiger partial charge in [-0.1, -0.05) is 24.3 Å². The molecule has 0 amide bonds. The summed E-state index contributed by atoms with van der Waals surface area (Å²) >= 11 is 0. The minimum Gasteiger partial charge on any atom is -0.507 e. The molecule has 0 heterocycles. The van der Waals surface area contributed by atoms with Crippen molar-refractivity contribution >= 4 is 38.6 Å². The topological polar surface area (TPSA) is 102 Å². The Hall–Kier alpha value is -2.82. The highest BCUT2D eigenvalue weighted by atomic mass is 16.3. The fourth-order valence-corrected chi connectivity index (χ4v) is 2.36. The quantitative estimate of drug-likeness (QED) is 0.352. The molecule has 5 nitrogen and oxygen atoms in total. The smallest absolute Gasteiger partial charge is 0.131 e. The van der Waals surface area contributed by atoms with Crippen LogP contribution in [0.4, 0.5) is 17.1 Å². The van der Waals surface area contributed by atoms with Gasteiger partial charge in [0.15, 0.2) is 0 Å². The monoisotopic (exact) mass is 253 g/mol. The number of hydrogen-bond acceptors (Lipinski definition) is 5. The van der Waals surface area contributed by atoms with E-state index in [1.807, 2.05) is 0 Å². The maximum atomic E-state index is 11.2. The number of phenols is 1. The lowest BCUT2D eigenvalue weighted by Gasteiger charge is -2.12. The zero-order valence-corrected chi connectivity index (χ0v) is 9.92. The van der Waals surface area contributed by atoms with Gasteiger partial charge in [-0.05, 0) is 17.3 Å². The molecule has 0 radical (unpaired) electrons. The van der Waals surface area contributed by atoms with Gasteiger partial charge in [-0.15, -0.1) is 4.91 Å². The van der Waals surface area contributed by atoms with Crippen LogP contribution in [0.15, 0.2) is 41.6 Å². The number of benzene rings is 3. The van der Waals surface area contributed by atoms with Crippen LogP contribution >= 0.6 is 0 Å². The summed E-state index contributed by atoms with van der Waals surface area (Å²) in [6.07, 6.45) is 0. The van der Waals surface area contributed by atoms with Crippen LogP contribution in [0, 0.1) is 4.91 Å². The van der Waals surface area contributed by atoms with Gasteiger partial charge >= 0.3 is 0 Å². The first-order valence-corrected chi connectivity index (χ1v) is 5.70. The molecule has 0 saturated carbocycles.